The molecular formula is HfO6Te2. The molecule has 0 unspecified atom stereocenters. The summed E-state index contributed by atoms with van der Waals surface area (Å²) in [6.07, 6.45) is 0. The van der Waals surface area contributed by atoms with Gasteiger partial charge in [-0.1, -0.05) is 0 Å². The van der Waals surface area contributed by atoms with Crippen molar-refractivity contribution >= 4 is 40.7 Å². The predicted octanol–water partition coefficient (Wildman–Crippen LogP) is -5.76. The van der Waals surface area contributed by atoms with Gasteiger partial charge in [0.25, 0.3) is 0 Å². The van der Waals surface area contributed by atoms with Crippen LogP contribution in [-0.4, -0.2) is 40.7 Å². The van der Waals surface area contributed by atoms with E-state index in [9.17, 15) is 0 Å². The van der Waals surface area contributed by atoms with E-state index in [1.54, 1.807) is 0 Å². The summed E-state index contributed by atoms with van der Waals surface area (Å²) in [7, 11) is 0. The number of hydrogen-bond donors (Lipinski definition) is 0. The van der Waals surface area contributed by atoms with Gasteiger partial charge in [-0.2, -0.15) is 0 Å². The van der Waals surface area contributed by atoms with Crippen LogP contribution in [-0.2, 0) is 32.1 Å². The molecule has 9 heteroatoms. The first-order valence-electron chi connectivity index (χ1n) is 1.00. The summed E-state index contributed by atoms with van der Waals surface area (Å²) < 4.78 is 51.5. The van der Waals surface area contributed by atoms with E-state index in [1.165, 1.54) is 0 Å². The standard InChI is InChI=1S/Hf.2H2O3Te/c;2*1-4(2)3/h;2*(H2,1,2,3)/q+4;;/p-4. The molecule has 0 heterocycles. The minimum Gasteiger partial charge on any atom is 4.00 e. The zero-order valence-electron chi connectivity index (χ0n) is 3.77. The summed E-state index contributed by atoms with van der Waals surface area (Å²) in [5.41, 5.74) is 0. The molecule has 0 atom stereocenters. The van der Waals surface area contributed by atoms with Gasteiger partial charge in [0, 0.05) is 0 Å². The molecule has 0 aromatic carbocycles. The molecule has 0 spiro atoms. The molecule has 0 radical (unpaired) electrons. The average Bonchev–Trinajstić information content (AvgIpc) is 1.25. The molecule has 0 aliphatic carbocycles. The van der Waals surface area contributed by atoms with Crippen LogP contribution < -0.4 is 13.9 Å². The minimum atomic E-state index is -4.11. The summed E-state index contributed by atoms with van der Waals surface area (Å²) in [5.74, 6) is 0. The zero-order valence-corrected chi connectivity index (χ0v) is 12.0. The van der Waals surface area contributed by atoms with Gasteiger partial charge in [-0.15, -0.1) is 0 Å². The number of hydrogen-bond acceptors (Lipinski definition) is 6. The van der Waals surface area contributed by atoms with Gasteiger partial charge in [0.15, 0.2) is 0 Å². The van der Waals surface area contributed by atoms with Crippen LogP contribution in [0.3, 0.4) is 0 Å². The molecule has 0 N–H and O–H groups in total. The normalized spacial score (nSPS) is 7.78. The van der Waals surface area contributed by atoms with Gasteiger partial charge in [0.05, 0.1) is 0 Å². The molecule has 6 nitrogen and oxygen atoms in total. The van der Waals surface area contributed by atoms with Crippen molar-refractivity contribution in [3.63, 3.8) is 0 Å². The van der Waals surface area contributed by atoms with Crippen molar-refractivity contribution < 1.29 is 45.9 Å². The Morgan fingerprint density at radius 3 is 0.778 bits per heavy atom. The van der Waals surface area contributed by atoms with Crippen LogP contribution in [0.15, 0.2) is 0 Å². The summed E-state index contributed by atoms with van der Waals surface area (Å²) in [6, 6.07) is 0. The van der Waals surface area contributed by atoms with Gasteiger partial charge >= 0.3 is 86.7 Å². The fraction of sp³-hybridized carbons (Fsp3) is 0. The van der Waals surface area contributed by atoms with Crippen molar-refractivity contribution in [1.82, 2.24) is 0 Å². The molecule has 0 aromatic heterocycles. The first-order chi connectivity index (χ1) is 3.46. The third kappa shape index (κ3) is 172. The summed E-state index contributed by atoms with van der Waals surface area (Å²) in [5, 5.41) is 0. The first-order valence-corrected chi connectivity index (χ1v) is 6.71. The average molecular weight is 530 g/mol. The molecule has 0 aliphatic rings. The maximum absolute atomic E-state index is 8.59. The second-order valence-corrected chi connectivity index (χ2v) is 2.74. The third-order valence-corrected chi connectivity index (χ3v) is 0. The Balaban J connectivity index is -0.0000000720. The summed E-state index contributed by atoms with van der Waals surface area (Å²) >= 11 is -8.21. The van der Waals surface area contributed by atoms with E-state index in [-0.39, 0.29) is 25.8 Å². The SMILES string of the molecule is O=[Te]([O-])[O-].O=[Te]([O-])[O-].[Hf+4]. The monoisotopic (exact) mass is 536 g/mol. The maximum Gasteiger partial charge on any atom is 4.00 e. The zero-order chi connectivity index (χ0) is 7.15. The van der Waals surface area contributed by atoms with E-state index in [4.69, 9.17) is 20.1 Å². The van der Waals surface area contributed by atoms with E-state index in [1.807, 2.05) is 0 Å². The van der Waals surface area contributed by atoms with Crippen LogP contribution in [0.4, 0.5) is 0 Å². The van der Waals surface area contributed by atoms with Gasteiger partial charge in [-0.3, -0.25) is 0 Å². The van der Waals surface area contributed by atoms with Gasteiger partial charge in [-0.25, -0.2) is 0 Å². The summed E-state index contributed by atoms with van der Waals surface area (Å²) in [4.78, 5) is 0. The van der Waals surface area contributed by atoms with Crippen molar-refractivity contribution in [1.29, 1.82) is 0 Å². The molecule has 0 amide bonds. The molecule has 0 aromatic rings. The van der Waals surface area contributed by atoms with Crippen LogP contribution in [0.1, 0.15) is 0 Å². The molecule has 9 heavy (non-hydrogen) atoms. The van der Waals surface area contributed by atoms with E-state index in [0.29, 0.717) is 0 Å². The van der Waals surface area contributed by atoms with Crippen molar-refractivity contribution in [2.24, 2.45) is 0 Å². The van der Waals surface area contributed by atoms with Crippen LogP contribution in [0.2, 0.25) is 0 Å². The second-order valence-electron chi connectivity index (χ2n) is 0.408. The molecule has 0 bridgehead atoms. The first kappa shape index (κ1) is 17.1. The maximum atomic E-state index is 8.59. The van der Waals surface area contributed by atoms with Crippen molar-refractivity contribution in [3.05, 3.63) is 0 Å². The molecule has 0 saturated carbocycles. The molecule has 0 rings (SSSR count). The Labute approximate surface area is 85.5 Å². The Hall–Kier alpha value is 1.89. The third-order valence-electron chi connectivity index (χ3n) is 0. The van der Waals surface area contributed by atoms with Crippen molar-refractivity contribution in [2.75, 3.05) is 0 Å². The van der Waals surface area contributed by atoms with Gasteiger partial charge in [-0.05, 0) is 0 Å². The smallest absolute Gasteiger partial charge is 4.00 e. The van der Waals surface area contributed by atoms with Crippen molar-refractivity contribution in [2.45, 2.75) is 0 Å². The molecular weight excluding hydrogens is 530 g/mol. The number of rotatable bonds is 0. The molecule has 52 valence electrons. The van der Waals surface area contributed by atoms with E-state index in [0.717, 1.165) is 0 Å². The predicted molar refractivity (Wildman–Crippen MR) is 12.9 cm³/mol. The Morgan fingerprint density at radius 2 is 0.778 bits per heavy atom. The van der Waals surface area contributed by atoms with E-state index in [2.05, 4.69) is 0 Å². The quantitative estimate of drug-likeness (QED) is 0.288. The van der Waals surface area contributed by atoms with Crippen LogP contribution in [0.5, 0.6) is 0 Å². The fourth-order valence-electron chi connectivity index (χ4n) is 0. The van der Waals surface area contributed by atoms with Gasteiger partial charge in [0.2, 0.25) is 0 Å². The second kappa shape index (κ2) is 12.6. The topological polar surface area (TPSA) is 126 Å². The molecule has 0 fully saturated rings. The molecule has 0 aliphatic heterocycles. The largest absolute Gasteiger partial charge is 4.00 e. The minimum absolute atomic E-state index is 0. The molecule has 0 saturated heterocycles. The van der Waals surface area contributed by atoms with Gasteiger partial charge < -0.3 is 0 Å². The Morgan fingerprint density at radius 1 is 0.778 bits per heavy atom. The van der Waals surface area contributed by atoms with Gasteiger partial charge in [0.1, 0.15) is 0 Å². The Kier molecular flexibility index (Phi) is 23.9. The van der Waals surface area contributed by atoms with E-state index >= 15 is 0 Å². The summed E-state index contributed by atoms with van der Waals surface area (Å²) in [6.45, 7) is 0. The van der Waals surface area contributed by atoms with Crippen LogP contribution in [0.25, 0.3) is 0 Å². The van der Waals surface area contributed by atoms with Crippen LogP contribution in [0, 0.1) is 0 Å². The van der Waals surface area contributed by atoms with E-state index < -0.39 is 40.7 Å². The fourth-order valence-corrected chi connectivity index (χ4v) is 0. The Bertz CT molecular complexity index is 69.1. The van der Waals surface area contributed by atoms with Crippen LogP contribution >= 0.6 is 0 Å². The van der Waals surface area contributed by atoms with Crippen molar-refractivity contribution in [3.8, 4) is 0 Å².